The van der Waals surface area contributed by atoms with E-state index in [1.165, 1.54) is 0 Å². The van der Waals surface area contributed by atoms with Crippen molar-refractivity contribution in [3.05, 3.63) is 48.6 Å². The highest BCUT2D eigenvalue weighted by atomic mass is 14.5. The van der Waals surface area contributed by atoms with Crippen molar-refractivity contribution >= 4 is 17.4 Å². The van der Waals surface area contributed by atoms with E-state index in [4.69, 9.17) is 5.41 Å². The SMILES string of the molecule is C=Cc1ccccc1C(=C)C(C)(C)C(C)=N. The van der Waals surface area contributed by atoms with Gasteiger partial charge in [-0.2, -0.15) is 0 Å². The quantitative estimate of drug-likeness (QED) is 0.716. The molecule has 1 rings (SSSR count). The van der Waals surface area contributed by atoms with Crippen molar-refractivity contribution in [1.82, 2.24) is 0 Å². The summed E-state index contributed by atoms with van der Waals surface area (Å²) in [6.45, 7) is 13.8. The number of hydrogen-bond donors (Lipinski definition) is 1. The minimum Gasteiger partial charge on any atom is -0.309 e. The Kier molecular flexibility index (Phi) is 3.48. The molecule has 1 aromatic rings. The lowest BCUT2D eigenvalue weighted by atomic mass is 9.76. The Morgan fingerprint density at radius 2 is 1.88 bits per heavy atom. The molecule has 0 aromatic heterocycles. The van der Waals surface area contributed by atoms with Crippen molar-refractivity contribution in [2.45, 2.75) is 20.8 Å². The molecule has 0 aliphatic rings. The Hall–Kier alpha value is -1.63. The van der Waals surface area contributed by atoms with Gasteiger partial charge < -0.3 is 5.41 Å². The summed E-state index contributed by atoms with van der Waals surface area (Å²) in [5, 5.41) is 7.82. The summed E-state index contributed by atoms with van der Waals surface area (Å²) < 4.78 is 0. The second-order valence-electron chi connectivity index (χ2n) is 4.52. The van der Waals surface area contributed by atoms with Crippen LogP contribution >= 0.6 is 0 Å². The van der Waals surface area contributed by atoms with E-state index in [1.54, 1.807) is 0 Å². The van der Waals surface area contributed by atoms with Gasteiger partial charge in [0.05, 0.1) is 0 Å². The first-order chi connectivity index (χ1) is 7.41. The maximum atomic E-state index is 7.82. The molecule has 1 N–H and O–H groups in total. The summed E-state index contributed by atoms with van der Waals surface area (Å²) in [5.74, 6) is 0. The van der Waals surface area contributed by atoms with Crippen LogP contribution in [0.1, 0.15) is 31.9 Å². The van der Waals surface area contributed by atoms with Gasteiger partial charge in [0.25, 0.3) is 0 Å². The van der Waals surface area contributed by atoms with Crippen molar-refractivity contribution in [2.24, 2.45) is 5.41 Å². The standard InChI is InChI=1S/C15H19N/c1-6-13-9-7-8-10-14(13)11(2)15(4,5)12(3)16/h6-10,16H,1-2H2,3-5H3. The first kappa shape index (κ1) is 12.4. The van der Waals surface area contributed by atoms with Gasteiger partial charge in [-0.25, -0.2) is 0 Å². The summed E-state index contributed by atoms with van der Waals surface area (Å²) >= 11 is 0. The predicted octanol–water partition coefficient (Wildman–Crippen LogP) is 4.41. The molecule has 0 amide bonds. The third-order valence-electron chi connectivity index (χ3n) is 3.20. The zero-order valence-electron chi connectivity index (χ0n) is 10.3. The Labute approximate surface area is 98.0 Å². The Morgan fingerprint density at radius 1 is 1.31 bits per heavy atom. The van der Waals surface area contributed by atoms with Gasteiger partial charge >= 0.3 is 0 Å². The second-order valence-corrected chi connectivity index (χ2v) is 4.52. The maximum absolute atomic E-state index is 7.82. The van der Waals surface area contributed by atoms with Gasteiger partial charge in [-0.15, -0.1) is 0 Å². The molecule has 0 bridgehead atoms. The van der Waals surface area contributed by atoms with Crippen LogP contribution in [0.4, 0.5) is 0 Å². The van der Waals surface area contributed by atoms with Crippen LogP contribution in [0.5, 0.6) is 0 Å². The third-order valence-corrected chi connectivity index (χ3v) is 3.20. The van der Waals surface area contributed by atoms with Gasteiger partial charge in [-0.05, 0) is 23.6 Å². The first-order valence-corrected chi connectivity index (χ1v) is 5.38. The highest BCUT2D eigenvalue weighted by Gasteiger charge is 2.26. The largest absolute Gasteiger partial charge is 0.309 e. The van der Waals surface area contributed by atoms with Crippen molar-refractivity contribution in [2.75, 3.05) is 0 Å². The third kappa shape index (κ3) is 2.13. The number of hydrogen-bond acceptors (Lipinski definition) is 1. The topological polar surface area (TPSA) is 23.9 Å². The molecule has 0 radical (unpaired) electrons. The van der Waals surface area contributed by atoms with E-state index in [1.807, 2.05) is 51.1 Å². The van der Waals surface area contributed by atoms with Crippen molar-refractivity contribution < 1.29 is 0 Å². The fraction of sp³-hybridized carbons (Fsp3) is 0.267. The lowest BCUT2D eigenvalue weighted by Crippen LogP contribution is -2.22. The van der Waals surface area contributed by atoms with E-state index in [-0.39, 0.29) is 5.41 Å². The molecule has 0 unspecified atom stereocenters. The van der Waals surface area contributed by atoms with E-state index in [9.17, 15) is 0 Å². The fourth-order valence-corrected chi connectivity index (χ4v) is 1.51. The molecule has 0 heterocycles. The monoisotopic (exact) mass is 213 g/mol. The molecule has 0 aliphatic carbocycles. The van der Waals surface area contributed by atoms with E-state index >= 15 is 0 Å². The average Bonchev–Trinajstić information content (AvgIpc) is 2.27. The minimum atomic E-state index is -0.306. The molecular weight excluding hydrogens is 194 g/mol. The van der Waals surface area contributed by atoms with E-state index in [0.29, 0.717) is 5.71 Å². The van der Waals surface area contributed by atoms with Crippen LogP contribution in [0.3, 0.4) is 0 Å². The summed E-state index contributed by atoms with van der Waals surface area (Å²) in [4.78, 5) is 0. The van der Waals surface area contributed by atoms with Crippen LogP contribution in [0.25, 0.3) is 11.6 Å². The van der Waals surface area contributed by atoms with Gasteiger partial charge in [-0.1, -0.05) is 57.3 Å². The number of rotatable bonds is 4. The molecule has 0 saturated carbocycles. The molecule has 0 atom stereocenters. The highest BCUT2D eigenvalue weighted by Crippen LogP contribution is 2.35. The van der Waals surface area contributed by atoms with Crippen LogP contribution in [0.2, 0.25) is 0 Å². The molecule has 1 nitrogen and oxygen atoms in total. The van der Waals surface area contributed by atoms with Crippen LogP contribution in [0.15, 0.2) is 37.4 Å². The number of benzene rings is 1. The van der Waals surface area contributed by atoms with Crippen LogP contribution in [0, 0.1) is 10.8 Å². The predicted molar refractivity (Wildman–Crippen MR) is 72.7 cm³/mol. The number of allylic oxidation sites excluding steroid dienone is 1. The van der Waals surface area contributed by atoms with Gasteiger partial charge in [-0.3, -0.25) is 0 Å². The normalized spacial score (nSPS) is 10.9. The molecule has 0 saturated heterocycles. The minimum absolute atomic E-state index is 0.306. The maximum Gasteiger partial charge on any atom is 0.0270 e. The molecule has 1 heteroatoms. The molecule has 0 aliphatic heterocycles. The summed E-state index contributed by atoms with van der Waals surface area (Å²) in [6, 6.07) is 8.02. The smallest absolute Gasteiger partial charge is 0.0270 e. The fourth-order valence-electron chi connectivity index (χ4n) is 1.51. The lowest BCUT2D eigenvalue weighted by molar-refractivity contribution is 0.692. The summed E-state index contributed by atoms with van der Waals surface area (Å²) in [7, 11) is 0. The van der Waals surface area contributed by atoms with E-state index in [0.717, 1.165) is 16.7 Å². The highest BCUT2D eigenvalue weighted by molar-refractivity contribution is 5.97. The van der Waals surface area contributed by atoms with Gasteiger partial charge in [0.1, 0.15) is 0 Å². The van der Waals surface area contributed by atoms with Gasteiger partial charge in [0.2, 0.25) is 0 Å². The Bertz CT molecular complexity index is 439. The summed E-state index contributed by atoms with van der Waals surface area (Å²) in [5.41, 5.74) is 3.43. The van der Waals surface area contributed by atoms with Crippen molar-refractivity contribution in [3.63, 3.8) is 0 Å². The molecule has 16 heavy (non-hydrogen) atoms. The number of nitrogens with one attached hydrogen (secondary N) is 1. The average molecular weight is 213 g/mol. The first-order valence-electron chi connectivity index (χ1n) is 5.38. The van der Waals surface area contributed by atoms with Crippen molar-refractivity contribution in [3.8, 4) is 0 Å². The lowest BCUT2D eigenvalue weighted by Gasteiger charge is -2.27. The van der Waals surface area contributed by atoms with Crippen LogP contribution < -0.4 is 0 Å². The van der Waals surface area contributed by atoms with E-state index in [2.05, 4.69) is 13.2 Å². The molecule has 1 aromatic carbocycles. The Balaban J connectivity index is 3.25. The van der Waals surface area contributed by atoms with Crippen LogP contribution in [-0.2, 0) is 0 Å². The van der Waals surface area contributed by atoms with Crippen molar-refractivity contribution in [1.29, 1.82) is 5.41 Å². The zero-order valence-corrected chi connectivity index (χ0v) is 10.3. The van der Waals surface area contributed by atoms with E-state index < -0.39 is 0 Å². The Morgan fingerprint density at radius 3 is 2.38 bits per heavy atom. The van der Waals surface area contributed by atoms with Gasteiger partial charge in [0, 0.05) is 11.1 Å². The summed E-state index contributed by atoms with van der Waals surface area (Å²) in [6.07, 6.45) is 1.83. The van der Waals surface area contributed by atoms with Gasteiger partial charge in [0.15, 0.2) is 0 Å². The molecular formula is C15H19N. The molecule has 84 valence electrons. The molecule has 0 fully saturated rings. The zero-order chi connectivity index (χ0) is 12.3. The van der Waals surface area contributed by atoms with Crippen LogP contribution in [-0.4, -0.2) is 5.71 Å². The molecule has 0 spiro atoms. The second kappa shape index (κ2) is 4.48.